The minimum atomic E-state index is 0.172. The van der Waals surface area contributed by atoms with Gasteiger partial charge in [-0.3, -0.25) is 9.69 Å². The third-order valence-corrected chi connectivity index (χ3v) is 3.88. The maximum Gasteiger partial charge on any atom is 0.234 e. The first kappa shape index (κ1) is 16.4. The second kappa shape index (κ2) is 8.54. The highest BCUT2D eigenvalue weighted by Crippen LogP contribution is 2.19. The van der Waals surface area contributed by atoms with E-state index in [1.807, 2.05) is 0 Å². The van der Waals surface area contributed by atoms with Crippen LogP contribution >= 0.6 is 0 Å². The molecule has 1 saturated heterocycles. The van der Waals surface area contributed by atoms with E-state index in [4.69, 9.17) is 0 Å². The fraction of sp³-hybridized carbons (Fsp3) is 0.933. The number of likely N-dealkylation sites (tertiary alicyclic amines) is 1. The lowest BCUT2D eigenvalue weighted by molar-refractivity contribution is -0.122. The lowest BCUT2D eigenvalue weighted by Gasteiger charge is -2.38. The maximum atomic E-state index is 11.8. The van der Waals surface area contributed by atoms with Gasteiger partial charge in [-0.25, -0.2) is 0 Å². The molecule has 2 unspecified atom stereocenters. The van der Waals surface area contributed by atoms with E-state index in [1.54, 1.807) is 0 Å². The molecule has 0 aromatic carbocycles. The molecule has 0 saturated carbocycles. The van der Waals surface area contributed by atoms with Crippen LogP contribution in [0.4, 0.5) is 0 Å². The summed E-state index contributed by atoms with van der Waals surface area (Å²) >= 11 is 0. The standard InChI is InChI=1S/C15H31N3O/c1-5-13-10-18(8-7-14(13)16-6-2)11-15(19)17-9-12(3)4/h12-14,16H,5-11H2,1-4H3,(H,17,19). The van der Waals surface area contributed by atoms with Gasteiger partial charge in [0.1, 0.15) is 0 Å². The molecule has 0 radical (unpaired) electrons. The van der Waals surface area contributed by atoms with Crippen LogP contribution in [0.1, 0.15) is 40.5 Å². The summed E-state index contributed by atoms with van der Waals surface area (Å²) in [6.45, 7) is 13.1. The van der Waals surface area contributed by atoms with Gasteiger partial charge >= 0.3 is 0 Å². The lowest BCUT2D eigenvalue weighted by atomic mass is 9.90. The number of piperidine rings is 1. The van der Waals surface area contributed by atoms with E-state index in [1.165, 1.54) is 6.42 Å². The van der Waals surface area contributed by atoms with E-state index in [9.17, 15) is 4.79 Å². The van der Waals surface area contributed by atoms with Crippen molar-refractivity contribution in [3.63, 3.8) is 0 Å². The molecule has 0 bridgehead atoms. The van der Waals surface area contributed by atoms with Gasteiger partial charge in [-0.2, -0.15) is 0 Å². The Morgan fingerprint density at radius 1 is 1.37 bits per heavy atom. The number of carbonyl (C=O) groups is 1. The second-order valence-corrected chi connectivity index (χ2v) is 6.05. The molecule has 1 heterocycles. The average molecular weight is 269 g/mol. The van der Waals surface area contributed by atoms with Crippen LogP contribution in [-0.2, 0) is 4.79 Å². The van der Waals surface area contributed by atoms with Crippen molar-refractivity contribution in [2.75, 3.05) is 32.7 Å². The minimum Gasteiger partial charge on any atom is -0.355 e. The topological polar surface area (TPSA) is 44.4 Å². The molecule has 4 heteroatoms. The Hall–Kier alpha value is -0.610. The van der Waals surface area contributed by atoms with E-state index < -0.39 is 0 Å². The summed E-state index contributed by atoms with van der Waals surface area (Å²) in [7, 11) is 0. The van der Waals surface area contributed by atoms with Gasteiger partial charge in [0.2, 0.25) is 5.91 Å². The molecule has 112 valence electrons. The molecule has 1 aliphatic heterocycles. The van der Waals surface area contributed by atoms with Gasteiger partial charge in [0.25, 0.3) is 0 Å². The highest BCUT2D eigenvalue weighted by Gasteiger charge is 2.28. The molecule has 2 atom stereocenters. The zero-order valence-electron chi connectivity index (χ0n) is 13.0. The molecule has 0 aromatic rings. The van der Waals surface area contributed by atoms with Crippen molar-refractivity contribution in [1.29, 1.82) is 0 Å². The summed E-state index contributed by atoms with van der Waals surface area (Å²) in [6, 6.07) is 0.630. The fourth-order valence-electron chi connectivity index (χ4n) is 2.77. The summed E-state index contributed by atoms with van der Waals surface area (Å²) in [5.74, 6) is 1.36. The lowest BCUT2D eigenvalue weighted by Crippen LogP contribution is -2.51. The van der Waals surface area contributed by atoms with Gasteiger partial charge in [-0.15, -0.1) is 0 Å². The molecule has 0 aromatic heterocycles. The first-order chi connectivity index (χ1) is 9.06. The van der Waals surface area contributed by atoms with Gasteiger partial charge in [0.05, 0.1) is 6.54 Å². The van der Waals surface area contributed by atoms with Crippen molar-refractivity contribution >= 4 is 5.91 Å². The predicted octanol–water partition coefficient (Wildman–Crippen LogP) is 1.47. The van der Waals surface area contributed by atoms with Crippen LogP contribution in [0.25, 0.3) is 0 Å². The Morgan fingerprint density at radius 3 is 2.68 bits per heavy atom. The Balaban J connectivity index is 2.34. The predicted molar refractivity (Wildman–Crippen MR) is 80.2 cm³/mol. The van der Waals surface area contributed by atoms with Gasteiger partial charge in [0, 0.05) is 25.7 Å². The normalized spacial score (nSPS) is 24.7. The second-order valence-electron chi connectivity index (χ2n) is 6.05. The van der Waals surface area contributed by atoms with E-state index >= 15 is 0 Å². The number of nitrogens with one attached hydrogen (secondary N) is 2. The van der Waals surface area contributed by atoms with E-state index in [2.05, 4.69) is 43.2 Å². The quantitative estimate of drug-likeness (QED) is 0.735. The van der Waals surface area contributed by atoms with Crippen molar-refractivity contribution < 1.29 is 4.79 Å². The minimum absolute atomic E-state index is 0.172. The molecular formula is C15H31N3O. The summed E-state index contributed by atoms with van der Waals surface area (Å²) < 4.78 is 0. The van der Waals surface area contributed by atoms with Crippen LogP contribution in [0.15, 0.2) is 0 Å². The number of hydrogen-bond acceptors (Lipinski definition) is 3. The highest BCUT2D eigenvalue weighted by molar-refractivity contribution is 5.78. The summed E-state index contributed by atoms with van der Waals surface area (Å²) in [5, 5.41) is 6.57. The SMILES string of the molecule is CCNC1CCN(CC(=O)NCC(C)C)CC1CC. The van der Waals surface area contributed by atoms with Crippen molar-refractivity contribution in [3.8, 4) is 0 Å². The first-order valence-electron chi connectivity index (χ1n) is 7.79. The Bertz CT molecular complexity index is 268. The van der Waals surface area contributed by atoms with Crippen molar-refractivity contribution in [1.82, 2.24) is 15.5 Å². The largest absolute Gasteiger partial charge is 0.355 e. The molecule has 2 N–H and O–H groups in total. The molecule has 19 heavy (non-hydrogen) atoms. The van der Waals surface area contributed by atoms with E-state index in [0.717, 1.165) is 32.6 Å². The zero-order valence-corrected chi connectivity index (χ0v) is 13.0. The molecule has 0 spiro atoms. The number of nitrogens with zero attached hydrogens (tertiary/aromatic N) is 1. The third kappa shape index (κ3) is 5.91. The van der Waals surface area contributed by atoms with Gasteiger partial charge in [-0.1, -0.05) is 34.1 Å². The summed E-state index contributed by atoms with van der Waals surface area (Å²) in [4.78, 5) is 14.2. The Labute approximate surface area is 118 Å². The Morgan fingerprint density at radius 2 is 2.11 bits per heavy atom. The Kier molecular flexibility index (Phi) is 7.39. The molecule has 0 aliphatic carbocycles. The first-order valence-corrected chi connectivity index (χ1v) is 7.79. The van der Waals surface area contributed by atoms with Crippen LogP contribution in [0.3, 0.4) is 0 Å². The third-order valence-electron chi connectivity index (χ3n) is 3.88. The van der Waals surface area contributed by atoms with Crippen LogP contribution < -0.4 is 10.6 Å². The van der Waals surface area contributed by atoms with Crippen LogP contribution in [-0.4, -0.2) is 49.6 Å². The van der Waals surface area contributed by atoms with Crippen molar-refractivity contribution in [2.45, 2.75) is 46.6 Å². The molecule has 1 rings (SSSR count). The number of rotatable bonds is 7. The van der Waals surface area contributed by atoms with Crippen LogP contribution in [0, 0.1) is 11.8 Å². The van der Waals surface area contributed by atoms with E-state index in [-0.39, 0.29) is 5.91 Å². The average Bonchev–Trinajstić information content (AvgIpc) is 2.38. The maximum absolute atomic E-state index is 11.8. The smallest absolute Gasteiger partial charge is 0.234 e. The van der Waals surface area contributed by atoms with Crippen LogP contribution in [0.5, 0.6) is 0 Å². The monoisotopic (exact) mass is 269 g/mol. The summed E-state index contributed by atoms with van der Waals surface area (Å²) in [5.41, 5.74) is 0. The van der Waals surface area contributed by atoms with Gasteiger partial charge < -0.3 is 10.6 Å². The summed E-state index contributed by atoms with van der Waals surface area (Å²) in [6.07, 6.45) is 2.34. The van der Waals surface area contributed by atoms with E-state index in [0.29, 0.717) is 24.4 Å². The number of carbonyl (C=O) groups excluding carboxylic acids is 1. The molecule has 4 nitrogen and oxygen atoms in total. The molecule has 1 amide bonds. The van der Waals surface area contributed by atoms with Crippen molar-refractivity contribution in [3.05, 3.63) is 0 Å². The molecule has 1 fully saturated rings. The highest BCUT2D eigenvalue weighted by atomic mass is 16.2. The molecular weight excluding hydrogens is 238 g/mol. The number of hydrogen-bond donors (Lipinski definition) is 2. The molecule has 1 aliphatic rings. The fourth-order valence-corrected chi connectivity index (χ4v) is 2.77. The zero-order chi connectivity index (χ0) is 14.3. The van der Waals surface area contributed by atoms with Gasteiger partial charge in [-0.05, 0) is 24.8 Å². The van der Waals surface area contributed by atoms with Crippen LogP contribution in [0.2, 0.25) is 0 Å². The van der Waals surface area contributed by atoms with Gasteiger partial charge in [0.15, 0.2) is 0 Å². The van der Waals surface area contributed by atoms with Crippen molar-refractivity contribution in [2.24, 2.45) is 11.8 Å². The number of amides is 1.